The summed E-state index contributed by atoms with van der Waals surface area (Å²) >= 11 is 0. The van der Waals surface area contributed by atoms with Crippen LogP contribution in [0.2, 0.25) is 0 Å². The molecule has 0 unspecified atom stereocenters. The molecule has 0 bridgehead atoms. The molecule has 0 fully saturated rings. The zero-order valence-electron chi connectivity index (χ0n) is 14.9. The Kier molecular flexibility index (Phi) is 5.20. The summed E-state index contributed by atoms with van der Waals surface area (Å²) in [4.78, 5) is 12.4. The lowest BCUT2D eigenvalue weighted by Crippen LogP contribution is -2.13. The number of benzene rings is 1. The van der Waals surface area contributed by atoms with Crippen molar-refractivity contribution in [2.45, 2.75) is 13.8 Å². The number of hydrogen-bond donors (Lipinski definition) is 1. The number of carbonyl (C=O) groups is 1. The van der Waals surface area contributed by atoms with Crippen molar-refractivity contribution in [2.24, 2.45) is 0 Å². The third kappa shape index (κ3) is 3.91. The van der Waals surface area contributed by atoms with E-state index in [1.807, 2.05) is 0 Å². The summed E-state index contributed by atoms with van der Waals surface area (Å²) in [6.07, 6.45) is 3.42. The zero-order valence-corrected chi connectivity index (χ0v) is 16.5. The summed E-state index contributed by atoms with van der Waals surface area (Å²) < 4.78 is 56.1. The number of aromatic nitrogens is 1. The van der Waals surface area contributed by atoms with Gasteiger partial charge < -0.3 is 4.74 Å². The van der Waals surface area contributed by atoms with E-state index in [2.05, 4.69) is 11.3 Å². The number of sulfonamides is 1. The number of carbonyl (C=O) groups excluding carboxylic acids is 1. The molecule has 0 aliphatic rings. The lowest BCUT2D eigenvalue weighted by molar-refractivity contribution is 0.0551. The second kappa shape index (κ2) is 6.76. The maximum absolute atomic E-state index is 12.4. The highest BCUT2D eigenvalue weighted by molar-refractivity contribution is 7.92. The molecule has 0 radical (unpaired) electrons. The lowest BCUT2D eigenvalue weighted by Gasteiger charge is -2.10. The van der Waals surface area contributed by atoms with Crippen molar-refractivity contribution in [3.8, 4) is 0 Å². The van der Waals surface area contributed by atoms with Gasteiger partial charge in [0, 0.05) is 11.1 Å². The number of esters is 1. The molecule has 0 saturated carbocycles. The maximum Gasteiger partial charge on any atom is 0.340 e. The fourth-order valence-corrected chi connectivity index (χ4v) is 4.46. The number of anilines is 1. The van der Waals surface area contributed by atoms with Crippen molar-refractivity contribution in [1.82, 2.24) is 3.97 Å². The Labute approximate surface area is 152 Å². The van der Waals surface area contributed by atoms with E-state index >= 15 is 0 Å². The number of ether oxygens (including phenoxy) is 1. The van der Waals surface area contributed by atoms with Gasteiger partial charge in [-0.3, -0.25) is 4.72 Å². The summed E-state index contributed by atoms with van der Waals surface area (Å²) in [5, 5.41) is 0.277. The molecule has 2 aromatic rings. The van der Waals surface area contributed by atoms with E-state index < -0.39 is 26.0 Å². The fraction of sp³-hybridized carbons (Fsp3) is 0.312. The van der Waals surface area contributed by atoms with Crippen LogP contribution in [-0.2, 0) is 24.8 Å². The molecule has 0 amide bonds. The Morgan fingerprint density at radius 3 is 2.35 bits per heavy atom. The Bertz CT molecular complexity index is 1110. The molecule has 0 aliphatic heterocycles. The number of fused-ring (bicyclic) bond motifs is 1. The first-order chi connectivity index (χ1) is 11.9. The van der Waals surface area contributed by atoms with Crippen LogP contribution < -0.4 is 4.72 Å². The van der Waals surface area contributed by atoms with Crippen LogP contribution in [0.4, 0.5) is 5.69 Å². The molecule has 142 valence electrons. The molecule has 10 heteroatoms. The average molecular weight is 400 g/mol. The summed E-state index contributed by atoms with van der Waals surface area (Å²) in [5.41, 5.74) is 1.28. The van der Waals surface area contributed by atoms with Crippen LogP contribution in [0, 0.1) is 13.8 Å². The Morgan fingerprint density at radius 2 is 1.85 bits per heavy atom. The van der Waals surface area contributed by atoms with Gasteiger partial charge in [0.25, 0.3) is 0 Å². The van der Waals surface area contributed by atoms with Gasteiger partial charge in [-0.05, 0) is 31.5 Å². The van der Waals surface area contributed by atoms with Crippen LogP contribution >= 0.6 is 0 Å². The first kappa shape index (κ1) is 20.0. The molecule has 0 spiro atoms. The van der Waals surface area contributed by atoms with Gasteiger partial charge >= 0.3 is 5.97 Å². The minimum absolute atomic E-state index is 0.0376. The van der Waals surface area contributed by atoms with Crippen molar-refractivity contribution in [3.63, 3.8) is 0 Å². The molecule has 26 heavy (non-hydrogen) atoms. The number of nitrogens with one attached hydrogen (secondary N) is 1. The van der Waals surface area contributed by atoms with E-state index in [0.717, 1.165) is 16.5 Å². The SMILES string of the molecule is C=CCOC(=O)c1c(C)n(S(C)(=O)=O)c2cc(C)c(NS(C)(=O)=O)cc12. The molecular formula is C16H20N2O6S2. The van der Waals surface area contributed by atoms with Gasteiger partial charge in [-0.2, -0.15) is 0 Å². The summed E-state index contributed by atoms with van der Waals surface area (Å²) in [7, 11) is -7.26. The van der Waals surface area contributed by atoms with Crippen LogP contribution in [0.15, 0.2) is 24.8 Å². The smallest absolute Gasteiger partial charge is 0.340 e. The lowest BCUT2D eigenvalue weighted by atomic mass is 10.1. The highest BCUT2D eigenvalue weighted by atomic mass is 32.2. The van der Waals surface area contributed by atoms with E-state index in [1.165, 1.54) is 25.1 Å². The third-order valence-electron chi connectivity index (χ3n) is 3.66. The molecule has 1 N–H and O–H groups in total. The van der Waals surface area contributed by atoms with Crippen molar-refractivity contribution in [3.05, 3.63) is 41.6 Å². The summed E-state index contributed by atoms with van der Waals surface area (Å²) in [6, 6.07) is 2.95. The van der Waals surface area contributed by atoms with Gasteiger partial charge in [-0.1, -0.05) is 12.7 Å². The van der Waals surface area contributed by atoms with Gasteiger partial charge in [0.15, 0.2) is 0 Å². The van der Waals surface area contributed by atoms with Crippen LogP contribution in [0.3, 0.4) is 0 Å². The van der Waals surface area contributed by atoms with E-state index in [1.54, 1.807) is 6.92 Å². The largest absolute Gasteiger partial charge is 0.458 e. The van der Waals surface area contributed by atoms with E-state index in [9.17, 15) is 21.6 Å². The molecule has 0 atom stereocenters. The highest BCUT2D eigenvalue weighted by Gasteiger charge is 2.26. The molecule has 1 aromatic heterocycles. The van der Waals surface area contributed by atoms with Crippen molar-refractivity contribution < 1.29 is 26.4 Å². The van der Waals surface area contributed by atoms with E-state index in [-0.39, 0.29) is 34.5 Å². The first-order valence-corrected chi connectivity index (χ1v) is 11.2. The molecule has 1 aromatic carbocycles. The third-order valence-corrected chi connectivity index (χ3v) is 5.39. The van der Waals surface area contributed by atoms with E-state index in [4.69, 9.17) is 4.74 Å². The number of nitrogens with zero attached hydrogens (tertiary/aromatic N) is 1. The summed E-state index contributed by atoms with van der Waals surface area (Å²) in [6.45, 7) is 6.56. The van der Waals surface area contributed by atoms with Crippen LogP contribution in [0.1, 0.15) is 21.6 Å². The molecule has 1 heterocycles. The van der Waals surface area contributed by atoms with Gasteiger partial charge in [0.05, 0.1) is 29.3 Å². The van der Waals surface area contributed by atoms with Crippen molar-refractivity contribution in [2.75, 3.05) is 23.8 Å². The predicted molar refractivity (Wildman–Crippen MR) is 101 cm³/mol. The van der Waals surface area contributed by atoms with Crippen LogP contribution in [-0.4, -0.2) is 45.9 Å². The molecular weight excluding hydrogens is 380 g/mol. The van der Waals surface area contributed by atoms with Crippen LogP contribution in [0.25, 0.3) is 10.9 Å². The Morgan fingerprint density at radius 1 is 1.23 bits per heavy atom. The molecule has 2 rings (SSSR count). The number of aryl methyl sites for hydroxylation is 1. The Hall–Kier alpha value is -2.33. The highest BCUT2D eigenvalue weighted by Crippen LogP contribution is 2.32. The predicted octanol–water partition coefficient (Wildman–Crippen LogP) is 1.78. The van der Waals surface area contributed by atoms with Crippen LogP contribution in [0.5, 0.6) is 0 Å². The van der Waals surface area contributed by atoms with E-state index in [0.29, 0.717) is 5.56 Å². The standard InChI is InChI=1S/C16H20N2O6S2/c1-6-7-24-16(19)15-11(3)18(26(5,22)23)14-8-10(2)13(9-12(14)15)17-25(4,20)21/h6,8-9,17H,1,7H2,2-5H3. The minimum Gasteiger partial charge on any atom is -0.458 e. The second-order valence-corrected chi connectivity index (χ2v) is 9.51. The monoisotopic (exact) mass is 400 g/mol. The maximum atomic E-state index is 12.4. The normalized spacial score (nSPS) is 12.2. The zero-order chi connectivity index (χ0) is 19.9. The first-order valence-electron chi connectivity index (χ1n) is 7.49. The second-order valence-electron chi connectivity index (χ2n) is 5.93. The Balaban J connectivity index is 2.88. The quantitative estimate of drug-likeness (QED) is 0.584. The molecule has 0 saturated heterocycles. The summed E-state index contributed by atoms with van der Waals surface area (Å²) in [5.74, 6) is -0.719. The average Bonchev–Trinajstić information content (AvgIpc) is 2.74. The van der Waals surface area contributed by atoms with Crippen molar-refractivity contribution in [1.29, 1.82) is 0 Å². The van der Waals surface area contributed by atoms with Gasteiger partial charge in [0.1, 0.15) is 6.61 Å². The van der Waals surface area contributed by atoms with Crippen molar-refractivity contribution >= 4 is 42.6 Å². The van der Waals surface area contributed by atoms with Gasteiger partial charge in [-0.25, -0.2) is 25.6 Å². The fourth-order valence-electron chi connectivity index (χ4n) is 2.74. The topological polar surface area (TPSA) is 112 Å². The molecule has 8 nitrogen and oxygen atoms in total. The number of hydrogen-bond acceptors (Lipinski definition) is 6. The van der Waals surface area contributed by atoms with Gasteiger partial charge in [-0.15, -0.1) is 0 Å². The minimum atomic E-state index is -3.71. The molecule has 0 aliphatic carbocycles. The number of rotatable bonds is 6. The van der Waals surface area contributed by atoms with Gasteiger partial charge in [0.2, 0.25) is 20.0 Å².